The predicted molar refractivity (Wildman–Crippen MR) is 93.6 cm³/mol. The van der Waals surface area contributed by atoms with Gasteiger partial charge in [-0.3, -0.25) is 10.1 Å². The van der Waals surface area contributed by atoms with Crippen LogP contribution in [-0.4, -0.2) is 46.2 Å². The van der Waals surface area contributed by atoms with E-state index in [2.05, 4.69) is 20.3 Å². The maximum atomic E-state index is 12.0. The molecule has 0 saturated heterocycles. The molecule has 1 N–H and O–H groups in total. The van der Waals surface area contributed by atoms with Crippen LogP contribution in [0.3, 0.4) is 0 Å². The van der Waals surface area contributed by atoms with E-state index < -0.39 is 17.3 Å². The number of imide groups is 1. The van der Waals surface area contributed by atoms with Gasteiger partial charge < -0.3 is 14.0 Å². The lowest BCUT2D eigenvalue weighted by molar-refractivity contribution is -0.119. The minimum absolute atomic E-state index is 0.450. The van der Waals surface area contributed by atoms with E-state index in [0.29, 0.717) is 17.5 Å². The van der Waals surface area contributed by atoms with Crippen LogP contribution in [0.15, 0.2) is 29.4 Å². The highest BCUT2D eigenvalue weighted by molar-refractivity contribution is 8.00. The molecule has 0 saturated carbocycles. The summed E-state index contributed by atoms with van der Waals surface area (Å²) in [5, 5.41) is 10.6. The number of hydrogen-bond acceptors (Lipinski definition) is 7. The summed E-state index contributed by atoms with van der Waals surface area (Å²) in [7, 11) is 2.81. The number of nitrogens with one attached hydrogen (secondary N) is 1. The van der Waals surface area contributed by atoms with Crippen LogP contribution in [0.25, 0.3) is 11.4 Å². The summed E-state index contributed by atoms with van der Waals surface area (Å²) in [5.41, 5.74) is 0.897. The molecule has 9 heteroatoms. The lowest BCUT2D eigenvalue weighted by atomic mass is 10.2. The van der Waals surface area contributed by atoms with Gasteiger partial charge in [-0.05, 0) is 38.1 Å². The van der Waals surface area contributed by atoms with Crippen molar-refractivity contribution in [2.24, 2.45) is 0 Å². The third-order valence-electron chi connectivity index (χ3n) is 3.44. The van der Waals surface area contributed by atoms with E-state index in [1.54, 1.807) is 14.0 Å². The number of carbonyl (C=O) groups excluding carboxylic acids is 2. The van der Waals surface area contributed by atoms with Crippen molar-refractivity contribution in [3.8, 4) is 17.1 Å². The highest BCUT2D eigenvalue weighted by Crippen LogP contribution is 2.27. The Morgan fingerprint density at radius 2 is 1.92 bits per heavy atom. The molecule has 0 unspecified atom stereocenters. The van der Waals surface area contributed by atoms with Crippen molar-refractivity contribution in [1.82, 2.24) is 20.1 Å². The van der Waals surface area contributed by atoms with Gasteiger partial charge >= 0.3 is 6.09 Å². The fourth-order valence-corrected chi connectivity index (χ4v) is 2.99. The summed E-state index contributed by atoms with van der Waals surface area (Å²) in [4.78, 5) is 23.1. The smallest absolute Gasteiger partial charge is 0.413 e. The van der Waals surface area contributed by atoms with Crippen LogP contribution < -0.4 is 10.1 Å². The van der Waals surface area contributed by atoms with Gasteiger partial charge in [0.2, 0.25) is 5.91 Å². The number of methoxy groups -OCH3 is 2. The molecule has 1 aromatic carbocycles. The molecule has 25 heavy (non-hydrogen) atoms. The number of ether oxygens (including phenoxy) is 2. The molecule has 1 heterocycles. The second-order valence-electron chi connectivity index (χ2n) is 5.02. The average Bonchev–Trinajstić information content (AvgIpc) is 3.03. The quantitative estimate of drug-likeness (QED) is 0.786. The number of carbonyl (C=O) groups is 2. The first kappa shape index (κ1) is 18.8. The van der Waals surface area contributed by atoms with Crippen molar-refractivity contribution in [2.45, 2.75) is 30.8 Å². The van der Waals surface area contributed by atoms with Gasteiger partial charge in [0.05, 0.1) is 19.5 Å². The molecule has 8 nitrogen and oxygen atoms in total. The largest absolute Gasteiger partial charge is 0.497 e. The van der Waals surface area contributed by atoms with Crippen molar-refractivity contribution >= 4 is 23.8 Å². The van der Waals surface area contributed by atoms with Gasteiger partial charge in [0.25, 0.3) is 0 Å². The van der Waals surface area contributed by atoms with Crippen molar-refractivity contribution < 1.29 is 19.1 Å². The van der Waals surface area contributed by atoms with E-state index in [1.165, 1.54) is 18.9 Å². The first-order valence-corrected chi connectivity index (χ1v) is 8.51. The van der Waals surface area contributed by atoms with Gasteiger partial charge in [0.1, 0.15) is 5.75 Å². The summed E-state index contributed by atoms with van der Waals surface area (Å²) in [6.07, 6.45) is -0.784. The molecule has 2 amide bonds. The number of thioether (sulfide) groups is 1. The van der Waals surface area contributed by atoms with Crippen LogP contribution in [0, 0.1) is 0 Å². The molecule has 134 valence electrons. The molecule has 0 fully saturated rings. The molecular weight excluding hydrogens is 344 g/mol. The van der Waals surface area contributed by atoms with E-state index >= 15 is 0 Å². The average molecular weight is 364 g/mol. The van der Waals surface area contributed by atoms with Gasteiger partial charge in [-0.25, -0.2) is 4.79 Å². The van der Waals surface area contributed by atoms with Crippen LogP contribution >= 0.6 is 11.8 Å². The Morgan fingerprint density at radius 3 is 2.48 bits per heavy atom. The molecule has 0 aliphatic carbocycles. The fraction of sp³-hybridized carbons (Fsp3) is 0.375. The van der Waals surface area contributed by atoms with Gasteiger partial charge in [-0.15, -0.1) is 10.2 Å². The summed E-state index contributed by atoms with van der Waals surface area (Å²) in [6, 6.07) is 7.50. The summed E-state index contributed by atoms with van der Waals surface area (Å²) in [6.45, 7) is 4.30. The monoisotopic (exact) mass is 364 g/mol. The molecule has 0 spiro atoms. The maximum Gasteiger partial charge on any atom is 0.413 e. The lowest BCUT2D eigenvalue weighted by Gasteiger charge is -2.11. The summed E-state index contributed by atoms with van der Waals surface area (Å²) >= 11 is 1.22. The molecule has 0 aliphatic heterocycles. The third-order valence-corrected chi connectivity index (χ3v) is 4.52. The molecule has 2 aromatic rings. The minimum Gasteiger partial charge on any atom is -0.497 e. The first-order chi connectivity index (χ1) is 12.0. The standard InChI is InChI=1S/C16H20N4O4S/c1-5-20-13(11-6-8-12(23-3)9-7-11)18-19-15(20)25-10(2)14(21)17-16(22)24-4/h6-10H,5H2,1-4H3,(H,17,21,22)/t10-/m1/s1. The van der Waals surface area contributed by atoms with Gasteiger partial charge in [-0.1, -0.05) is 11.8 Å². The number of aromatic nitrogens is 3. The SMILES string of the molecule is CCn1c(S[C@H](C)C(=O)NC(=O)OC)nnc1-c1ccc(OC)cc1. The van der Waals surface area contributed by atoms with E-state index in [4.69, 9.17) is 4.74 Å². The van der Waals surface area contributed by atoms with Crippen LogP contribution in [-0.2, 0) is 16.1 Å². The molecular formula is C16H20N4O4S. The van der Waals surface area contributed by atoms with Crippen LogP contribution in [0.4, 0.5) is 4.79 Å². The summed E-state index contributed by atoms with van der Waals surface area (Å²) < 4.78 is 11.5. The van der Waals surface area contributed by atoms with Gasteiger partial charge in [0.15, 0.2) is 11.0 Å². The van der Waals surface area contributed by atoms with E-state index in [0.717, 1.165) is 11.3 Å². The number of nitrogens with zero attached hydrogens (tertiary/aromatic N) is 3. The maximum absolute atomic E-state index is 12.0. The number of alkyl carbamates (subject to hydrolysis) is 1. The second-order valence-corrected chi connectivity index (χ2v) is 6.33. The Labute approximate surface area is 149 Å². The van der Waals surface area contributed by atoms with E-state index in [-0.39, 0.29) is 0 Å². The second kappa shape index (κ2) is 8.52. The van der Waals surface area contributed by atoms with Crippen molar-refractivity contribution in [3.05, 3.63) is 24.3 Å². The molecule has 0 aliphatic rings. The van der Waals surface area contributed by atoms with Crippen LogP contribution in [0.5, 0.6) is 5.75 Å². The van der Waals surface area contributed by atoms with Crippen LogP contribution in [0.2, 0.25) is 0 Å². The topological polar surface area (TPSA) is 95.3 Å². The van der Waals surface area contributed by atoms with Crippen molar-refractivity contribution in [3.63, 3.8) is 0 Å². The number of amides is 2. The summed E-state index contributed by atoms with van der Waals surface area (Å²) in [5.74, 6) is 1.01. The minimum atomic E-state index is -0.784. The Hall–Kier alpha value is -2.55. The molecule has 0 bridgehead atoms. The fourth-order valence-electron chi connectivity index (χ4n) is 2.08. The Morgan fingerprint density at radius 1 is 1.24 bits per heavy atom. The Kier molecular flexibility index (Phi) is 6.40. The molecule has 1 atom stereocenters. The molecule has 2 rings (SSSR count). The first-order valence-electron chi connectivity index (χ1n) is 7.63. The molecule has 1 aromatic heterocycles. The van der Waals surface area contributed by atoms with Gasteiger partial charge in [-0.2, -0.15) is 0 Å². The number of benzene rings is 1. The highest BCUT2D eigenvalue weighted by atomic mass is 32.2. The predicted octanol–water partition coefficient (Wildman–Crippen LogP) is 2.34. The van der Waals surface area contributed by atoms with E-state index in [1.807, 2.05) is 35.8 Å². The Bertz CT molecular complexity index is 745. The highest BCUT2D eigenvalue weighted by Gasteiger charge is 2.21. The Balaban J connectivity index is 2.18. The van der Waals surface area contributed by atoms with E-state index in [9.17, 15) is 9.59 Å². The molecule has 0 radical (unpaired) electrons. The normalized spacial score (nSPS) is 11.7. The zero-order valence-corrected chi connectivity index (χ0v) is 15.3. The van der Waals surface area contributed by atoms with Crippen LogP contribution in [0.1, 0.15) is 13.8 Å². The lowest BCUT2D eigenvalue weighted by Crippen LogP contribution is -2.36. The zero-order valence-electron chi connectivity index (χ0n) is 14.5. The van der Waals surface area contributed by atoms with Gasteiger partial charge in [0, 0.05) is 12.1 Å². The zero-order chi connectivity index (χ0) is 18.4. The third kappa shape index (κ3) is 4.50. The number of rotatable bonds is 6. The van der Waals surface area contributed by atoms with Crippen molar-refractivity contribution in [1.29, 1.82) is 0 Å². The van der Waals surface area contributed by atoms with Crippen molar-refractivity contribution in [2.75, 3.05) is 14.2 Å². The number of hydrogen-bond donors (Lipinski definition) is 1.